The zero-order valence-corrected chi connectivity index (χ0v) is 17.4. The zero-order valence-electron chi connectivity index (χ0n) is 15.8. The summed E-state index contributed by atoms with van der Waals surface area (Å²) in [6.45, 7) is 0.497. The maximum Gasteiger partial charge on any atom is 0.321 e. The number of urea groups is 1. The number of methoxy groups -OCH3 is 1. The van der Waals surface area contributed by atoms with E-state index in [9.17, 15) is 14.4 Å². The Hall–Kier alpha value is -3.40. The molecule has 0 radical (unpaired) electrons. The molecule has 4 rings (SSSR count). The van der Waals surface area contributed by atoms with Gasteiger partial charge in [0.1, 0.15) is 23.1 Å². The quantitative estimate of drug-likeness (QED) is 0.533. The predicted molar refractivity (Wildman–Crippen MR) is 110 cm³/mol. The van der Waals surface area contributed by atoms with Crippen molar-refractivity contribution < 1.29 is 23.5 Å². The van der Waals surface area contributed by atoms with Gasteiger partial charge in [-0.15, -0.1) is 0 Å². The molecule has 2 aromatic heterocycles. The van der Waals surface area contributed by atoms with Crippen molar-refractivity contribution in [3.05, 3.63) is 57.9 Å². The molecule has 1 aliphatic heterocycles. The van der Waals surface area contributed by atoms with Gasteiger partial charge in [-0.1, -0.05) is 6.07 Å². The average molecular weight is 473 g/mol. The summed E-state index contributed by atoms with van der Waals surface area (Å²) in [7, 11) is 1.53. The normalized spacial score (nSPS) is 13.8. The van der Waals surface area contributed by atoms with E-state index in [4.69, 9.17) is 9.15 Å². The van der Waals surface area contributed by atoms with Crippen LogP contribution >= 0.6 is 15.9 Å². The van der Waals surface area contributed by atoms with Crippen LogP contribution in [0.2, 0.25) is 0 Å². The standard InChI is InChI=1S/C20H17BrN4O5/c1-29-15-5-4-11-8-25(19(27)17(11)18(15)21)9-13(24-20(28)23-10-26)16-7-12-14(30-16)3-2-6-22-12/h2-7,10,13H,8-9H2,1H3,(H2,23,24,26,28)/t13-/m0/s1. The van der Waals surface area contributed by atoms with Crippen molar-refractivity contribution in [2.24, 2.45) is 0 Å². The first-order valence-electron chi connectivity index (χ1n) is 9.01. The molecule has 0 aliphatic carbocycles. The summed E-state index contributed by atoms with van der Waals surface area (Å²) in [5, 5.41) is 4.72. The number of benzene rings is 1. The Balaban J connectivity index is 1.63. The number of nitrogens with one attached hydrogen (secondary N) is 2. The highest BCUT2D eigenvalue weighted by atomic mass is 79.9. The second-order valence-electron chi connectivity index (χ2n) is 6.63. The molecular weight excluding hydrogens is 456 g/mol. The number of furan rings is 1. The van der Waals surface area contributed by atoms with E-state index >= 15 is 0 Å². The number of carbonyl (C=O) groups excluding carboxylic acids is 3. The fraction of sp³-hybridized carbons (Fsp3) is 0.200. The third kappa shape index (κ3) is 3.61. The summed E-state index contributed by atoms with van der Waals surface area (Å²) in [5.41, 5.74) is 2.55. The van der Waals surface area contributed by atoms with Gasteiger partial charge < -0.3 is 19.4 Å². The van der Waals surface area contributed by atoms with Gasteiger partial charge in [0.15, 0.2) is 5.58 Å². The van der Waals surface area contributed by atoms with Crippen LogP contribution in [0.25, 0.3) is 11.1 Å². The Bertz CT molecular complexity index is 1110. The van der Waals surface area contributed by atoms with Crippen molar-refractivity contribution in [1.82, 2.24) is 20.5 Å². The van der Waals surface area contributed by atoms with E-state index in [2.05, 4.69) is 26.2 Å². The summed E-state index contributed by atoms with van der Waals surface area (Å²) >= 11 is 3.44. The van der Waals surface area contributed by atoms with Crippen molar-refractivity contribution in [2.45, 2.75) is 12.6 Å². The lowest BCUT2D eigenvalue weighted by Crippen LogP contribution is -2.42. The highest BCUT2D eigenvalue weighted by Gasteiger charge is 2.34. The van der Waals surface area contributed by atoms with Crippen molar-refractivity contribution in [3.63, 3.8) is 0 Å². The molecule has 2 N–H and O–H groups in total. The van der Waals surface area contributed by atoms with E-state index in [1.165, 1.54) is 7.11 Å². The number of imide groups is 1. The van der Waals surface area contributed by atoms with E-state index < -0.39 is 12.1 Å². The van der Waals surface area contributed by atoms with E-state index in [0.29, 0.717) is 39.2 Å². The number of halogens is 1. The molecule has 0 spiro atoms. The summed E-state index contributed by atoms with van der Waals surface area (Å²) in [4.78, 5) is 41.5. The molecular formula is C20H17BrN4O5. The van der Waals surface area contributed by atoms with Gasteiger partial charge in [-0.2, -0.15) is 0 Å². The smallest absolute Gasteiger partial charge is 0.321 e. The Kier molecular flexibility index (Phi) is 5.40. The van der Waals surface area contributed by atoms with Crippen molar-refractivity contribution in [1.29, 1.82) is 0 Å². The second kappa shape index (κ2) is 8.15. The number of amides is 4. The van der Waals surface area contributed by atoms with E-state index in [1.807, 2.05) is 11.4 Å². The molecule has 10 heteroatoms. The Morgan fingerprint density at radius 3 is 3.00 bits per heavy atom. The molecule has 0 saturated carbocycles. The van der Waals surface area contributed by atoms with E-state index in [-0.39, 0.29) is 18.9 Å². The monoisotopic (exact) mass is 472 g/mol. The predicted octanol–water partition coefficient (Wildman–Crippen LogP) is 2.75. The molecule has 1 aromatic carbocycles. The lowest BCUT2D eigenvalue weighted by atomic mass is 10.1. The molecule has 30 heavy (non-hydrogen) atoms. The first kappa shape index (κ1) is 19.9. The van der Waals surface area contributed by atoms with E-state index in [0.717, 1.165) is 5.56 Å². The third-order valence-corrected chi connectivity index (χ3v) is 5.61. The largest absolute Gasteiger partial charge is 0.496 e. The molecule has 154 valence electrons. The van der Waals surface area contributed by atoms with Crippen LogP contribution in [0.4, 0.5) is 4.79 Å². The highest BCUT2D eigenvalue weighted by molar-refractivity contribution is 9.10. The van der Waals surface area contributed by atoms with Gasteiger partial charge in [0, 0.05) is 25.4 Å². The lowest BCUT2D eigenvalue weighted by molar-refractivity contribution is -0.108. The van der Waals surface area contributed by atoms with E-state index in [1.54, 1.807) is 35.4 Å². The number of fused-ring (bicyclic) bond motifs is 2. The lowest BCUT2D eigenvalue weighted by Gasteiger charge is -2.23. The van der Waals surface area contributed by atoms with Gasteiger partial charge in [0.05, 0.1) is 17.1 Å². The number of pyridine rings is 1. The van der Waals surface area contributed by atoms with Crippen LogP contribution in [-0.4, -0.2) is 41.9 Å². The molecule has 4 amide bonds. The van der Waals surface area contributed by atoms with Crippen LogP contribution in [-0.2, 0) is 11.3 Å². The minimum absolute atomic E-state index is 0.133. The maximum atomic E-state index is 13.0. The Morgan fingerprint density at radius 2 is 2.27 bits per heavy atom. The average Bonchev–Trinajstić information content (AvgIpc) is 3.30. The third-order valence-electron chi connectivity index (χ3n) is 4.82. The van der Waals surface area contributed by atoms with Gasteiger partial charge in [0.2, 0.25) is 6.41 Å². The molecule has 3 heterocycles. The van der Waals surface area contributed by atoms with Crippen LogP contribution in [0, 0.1) is 0 Å². The summed E-state index contributed by atoms with van der Waals surface area (Å²) in [6.07, 6.45) is 1.92. The molecule has 3 aromatic rings. The van der Waals surface area contributed by atoms with Crippen LogP contribution in [0.1, 0.15) is 27.7 Å². The van der Waals surface area contributed by atoms with Gasteiger partial charge >= 0.3 is 6.03 Å². The first-order chi connectivity index (χ1) is 14.5. The maximum absolute atomic E-state index is 13.0. The zero-order chi connectivity index (χ0) is 21.3. The van der Waals surface area contributed by atoms with Crippen molar-refractivity contribution >= 4 is 45.4 Å². The number of aromatic nitrogens is 1. The molecule has 1 atom stereocenters. The number of nitrogens with zero attached hydrogens (tertiary/aromatic N) is 2. The molecule has 9 nitrogen and oxygen atoms in total. The van der Waals surface area contributed by atoms with Gasteiger partial charge in [-0.25, -0.2) is 4.79 Å². The number of carbonyl (C=O) groups is 3. The fourth-order valence-electron chi connectivity index (χ4n) is 3.44. The van der Waals surface area contributed by atoms with Gasteiger partial charge in [-0.05, 0) is 39.7 Å². The SMILES string of the molecule is COc1ccc2c(c1Br)C(=O)N(C[C@H](NC(=O)NC=O)c1cc3ncccc3o1)C2. The number of hydrogen-bond donors (Lipinski definition) is 2. The highest BCUT2D eigenvalue weighted by Crippen LogP contribution is 2.37. The number of hydrogen-bond acceptors (Lipinski definition) is 6. The Labute approximate surface area is 179 Å². The molecule has 0 bridgehead atoms. The number of rotatable bonds is 6. The molecule has 0 fully saturated rings. The topological polar surface area (TPSA) is 114 Å². The summed E-state index contributed by atoms with van der Waals surface area (Å²) in [5.74, 6) is 0.783. The van der Waals surface area contributed by atoms with Crippen molar-refractivity contribution in [2.75, 3.05) is 13.7 Å². The molecule has 1 aliphatic rings. The number of ether oxygens (including phenoxy) is 1. The fourth-order valence-corrected chi connectivity index (χ4v) is 4.16. The van der Waals surface area contributed by atoms with Crippen LogP contribution in [0.15, 0.2) is 45.4 Å². The van der Waals surface area contributed by atoms with Crippen LogP contribution < -0.4 is 15.4 Å². The van der Waals surface area contributed by atoms with Crippen LogP contribution in [0.3, 0.4) is 0 Å². The van der Waals surface area contributed by atoms with Crippen molar-refractivity contribution in [3.8, 4) is 5.75 Å². The molecule has 0 saturated heterocycles. The summed E-state index contributed by atoms with van der Waals surface area (Å²) < 4.78 is 11.7. The summed E-state index contributed by atoms with van der Waals surface area (Å²) in [6, 6.07) is 7.43. The second-order valence-corrected chi connectivity index (χ2v) is 7.42. The minimum atomic E-state index is -0.699. The first-order valence-corrected chi connectivity index (χ1v) is 9.81. The Morgan fingerprint density at radius 1 is 1.43 bits per heavy atom. The van der Waals surface area contributed by atoms with Gasteiger partial charge in [-0.3, -0.25) is 19.9 Å². The minimum Gasteiger partial charge on any atom is -0.496 e. The molecule has 0 unspecified atom stereocenters. The van der Waals surface area contributed by atoms with Crippen LogP contribution in [0.5, 0.6) is 5.75 Å². The van der Waals surface area contributed by atoms with Gasteiger partial charge in [0.25, 0.3) is 5.91 Å².